The summed E-state index contributed by atoms with van der Waals surface area (Å²) in [6, 6.07) is 0.611. The van der Waals surface area contributed by atoms with E-state index >= 15 is 0 Å². The van der Waals surface area contributed by atoms with Crippen molar-refractivity contribution in [1.82, 2.24) is 14.7 Å². The van der Waals surface area contributed by atoms with E-state index in [1.807, 2.05) is 0 Å². The first-order valence-corrected chi connectivity index (χ1v) is 7.40. The molecule has 0 radical (unpaired) electrons. The van der Waals surface area contributed by atoms with Crippen molar-refractivity contribution < 1.29 is 9.90 Å². The molecule has 0 aliphatic carbocycles. The van der Waals surface area contributed by atoms with Gasteiger partial charge in [-0.3, -0.25) is 9.69 Å². The molecule has 110 valence electrons. The van der Waals surface area contributed by atoms with Gasteiger partial charge in [-0.15, -0.1) is 0 Å². The predicted molar refractivity (Wildman–Crippen MR) is 75.3 cm³/mol. The monoisotopic (exact) mass is 269 g/mol. The maximum atomic E-state index is 11.0. The molecule has 2 saturated heterocycles. The molecule has 0 bridgehead atoms. The molecule has 0 spiro atoms. The van der Waals surface area contributed by atoms with Gasteiger partial charge in [0.15, 0.2) is 0 Å². The first-order chi connectivity index (χ1) is 9.06. The van der Waals surface area contributed by atoms with Gasteiger partial charge in [0.05, 0.1) is 5.92 Å². The average molecular weight is 269 g/mol. The van der Waals surface area contributed by atoms with Crippen LogP contribution in [0.5, 0.6) is 0 Å². The Morgan fingerprint density at radius 1 is 1.21 bits per heavy atom. The van der Waals surface area contributed by atoms with Crippen LogP contribution in [0.2, 0.25) is 0 Å². The van der Waals surface area contributed by atoms with Crippen LogP contribution in [0.3, 0.4) is 0 Å². The van der Waals surface area contributed by atoms with Crippen LogP contribution < -0.4 is 0 Å². The Bertz CT molecular complexity index is 301. The third-order valence-electron chi connectivity index (χ3n) is 4.51. The first kappa shape index (κ1) is 14.8. The van der Waals surface area contributed by atoms with E-state index in [0.717, 1.165) is 45.7 Å². The van der Waals surface area contributed by atoms with Gasteiger partial charge in [0.1, 0.15) is 0 Å². The Labute approximate surface area is 116 Å². The maximum Gasteiger partial charge on any atom is 0.307 e. The highest BCUT2D eigenvalue weighted by molar-refractivity contribution is 5.70. The molecular weight excluding hydrogens is 242 g/mol. The molecule has 5 heteroatoms. The number of aliphatic carboxylic acids is 1. The van der Waals surface area contributed by atoms with E-state index in [1.165, 1.54) is 12.8 Å². The molecule has 0 aromatic rings. The Balaban J connectivity index is 1.70. The topological polar surface area (TPSA) is 47.0 Å². The van der Waals surface area contributed by atoms with Crippen LogP contribution in [0.25, 0.3) is 0 Å². The number of rotatable bonds is 5. The molecule has 1 N–H and O–H groups in total. The van der Waals surface area contributed by atoms with Crippen LogP contribution in [-0.2, 0) is 4.79 Å². The lowest BCUT2D eigenvalue weighted by atomic mass is 10.0. The van der Waals surface area contributed by atoms with Crippen molar-refractivity contribution in [3.8, 4) is 0 Å². The number of carboxylic acids is 1. The molecule has 1 unspecified atom stereocenters. The normalized spacial score (nSPS) is 27.2. The van der Waals surface area contributed by atoms with E-state index in [-0.39, 0.29) is 5.92 Å². The van der Waals surface area contributed by atoms with Crippen LogP contribution in [0.1, 0.15) is 19.3 Å². The number of likely N-dealkylation sites (tertiary alicyclic amines) is 2. The minimum atomic E-state index is -0.620. The third-order valence-corrected chi connectivity index (χ3v) is 4.51. The van der Waals surface area contributed by atoms with Crippen molar-refractivity contribution >= 4 is 5.97 Å². The molecule has 2 aliphatic heterocycles. The average Bonchev–Trinajstić information content (AvgIpc) is 2.86. The largest absolute Gasteiger partial charge is 0.481 e. The number of piperidine rings is 1. The van der Waals surface area contributed by atoms with Gasteiger partial charge >= 0.3 is 5.97 Å². The van der Waals surface area contributed by atoms with Gasteiger partial charge in [-0.25, -0.2) is 0 Å². The lowest BCUT2D eigenvalue weighted by Gasteiger charge is -2.37. The summed E-state index contributed by atoms with van der Waals surface area (Å²) in [6.45, 7) is 6.32. The summed E-state index contributed by atoms with van der Waals surface area (Å²) in [5, 5.41) is 9.05. The molecular formula is C14H27N3O2. The number of likely N-dealkylation sites (N-methyl/N-ethyl adjacent to an activating group) is 1. The molecule has 0 aromatic heterocycles. The third kappa shape index (κ3) is 4.16. The number of carbonyl (C=O) groups is 1. The van der Waals surface area contributed by atoms with Gasteiger partial charge in [-0.1, -0.05) is 0 Å². The van der Waals surface area contributed by atoms with Gasteiger partial charge in [0.2, 0.25) is 0 Å². The standard InChI is InChI=1S/C14H27N3O2/c1-15(2)9-10-16-6-4-13(5-7-16)17-8-3-12(11-17)14(18)19/h12-13H,3-11H2,1-2H3,(H,18,19). The Kier molecular flexibility index (Phi) is 5.19. The van der Waals surface area contributed by atoms with E-state index < -0.39 is 5.97 Å². The maximum absolute atomic E-state index is 11.0. The molecule has 2 aliphatic rings. The first-order valence-electron chi connectivity index (χ1n) is 7.40. The molecule has 2 rings (SSSR count). The fourth-order valence-electron chi connectivity index (χ4n) is 3.17. The van der Waals surface area contributed by atoms with E-state index in [0.29, 0.717) is 6.04 Å². The second-order valence-electron chi connectivity index (χ2n) is 6.19. The fourth-order valence-corrected chi connectivity index (χ4v) is 3.17. The summed E-state index contributed by atoms with van der Waals surface area (Å²) in [4.78, 5) is 18.2. The molecule has 5 nitrogen and oxygen atoms in total. The second-order valence-corrected chi connectivity index (χ2v) is 6.19. The van der Waals surface area contributed by atoms with Gasteiger partial charge in [-0.2, -0.15) is 0 Å². The molecule has 0 amide bonds. The molecule has 1 atom stereocenters. The van der Waals surface area contributed by atoms with Gasteiger partial charge in [-0.05, 0) is 53.0 Å². The van der Waals surface area contributed by atoms with Crippen molar-refractivity contribution in [2.24, 2.45) is 5.92 Å². The van der Waals surface area contributed by atoms with Crippen LogP contribution in [0, 0.1) is 5.92 Å². The van der Waals surface area contributed by atoms with Crippen LogP contribution in [-0.4, -0.2) is 85.2 Å². The predicted octanol–water partition coefficient (Wildman–Crippen LogP) is 0.419. The Morgan fingerprint density at radius 3 is 2.42 bits per heavy atom. The van der Waals surface area contributed by atoms with Crippen LogP contribution >= 0.6 is 0 Å². The van der Waals surface area contributed by atoms with Crippen LogP contribution in [0.15, 0.2) is 0 Å². The fraction of sp³-hybridized carbons (Fsp3) is 0.929. The number of nitrogens with zero attached hydrogens (tertiary/aromatic N) is 3. The Morgan fingerprint density at radius 2 is 1.89 bits per heavy atom. The summed E-state index contributed by atoms with van der Waals surface area (Å²) in [6.07, 6.45) is 3.22. The zero-order valence-electron chi connectivity index (χ0n) is 12.2. The zero-order chi connectivity index (χ0) is 13.8. The van der Waals surface area contributed by atoms with Crippen LogP contribution in [0.4, 0.5) is 0 Å². The van der Waals surface area contributed by atoms with E-state index in [1.54, 1.807) is 0 Å². The zero-order valence-corrected chi connectivity index (χ0v) is 12.2. The van der Waals surface area contributed by atoms with Crippen molar-refractivity contribution in [1.29, 1.82) is 0 Å². The number of carboxylic acid groups (broad SMARTS) is 1. The molecule has 0 saturated carbocycles. The molecule has 19 heavy (non-hydrogen) atoms. The summed E-state index contributed by atoms with van der Waals surface area (Å²) in [7, 11) is 4.23. The lowest BCUT2D eigenvalue weighted by Crippen LogP contribution is -2.45. The highest BCUT2D eigenvalue weighted by Gasteiger charge is 2.33. The summed E-state index contributed by atoms with van der Waals surface area (Å²) < 4.78 is 0. The highest BCUT2D eigenvalue weighted by Crippen LogP contribution is 2.24. The van der Waals surface area contributed by atoms with E-state index in [2.05, 4.69) is 28.8 Å². The van der Waals surface area contributed by atoms with E-state index in [9.17, 15) is 4.79 Å². The second kappa shape index (κ2) is 6.68. The molecule has 0 aromatic carbocycles. The van der Waals surface area contributed by atoms with Crippen molar-refractivity contribution in [3.05, 3.63) is 0 Å². The SMILES string of the molecule is CN(C)CCN1CCC(N2CCC(C(=O)O)C2)CC1. The van der Waals surface area contributed by atoms with Crippen molar-refractivity contribution in [3.63, 3.8) is 0 Å². The van der Waals surface area contributed by atoms with Gasteiger partial charge < -0.3 is 14.9 Å². The van der Waals surface area contributed by atoms with Gasteiger partial charge in [0.25, 0.3) is 0 Å². The Hall–Kier alpha value is -0.650. The summed E-state index contributed by atoms with van der Waals surface area (Å²) >= 11 is 0. The highest BCUT2D eigenvalue weighted by atomic mass is 16.4. The number of hydrogen-bond donors (Lipinski definition) is 1. The smallest absolute Gasteiger partial charge is 0.307 e. The summed E-state index contributed by atoms with van der Waals surface area (Å²) in [5.41, 5.74) is 0. The quantitative estimate of drug-likeness (QED) is 0.784. The molecule has 2 fully saturated rings. The van der Waals surface area contributed by atoms with E-state index in [4.69, 9.17) is 5.11 Å². The van der Waals surface area contributed by atoms with Crippen molar-refractivity contribution in [2.75, 3.05) is 53.4 Å². The van der Waals surface area contributed by atoms with Crippen molar-refractivity contribution in [2.45, 2.75) is 25.3 Å². The van der Waals surface area contributed by atoms with Gasteiger partial charge in [0, 0.05) is 25.7 Å². The lowest BCUT2D eigenvalue weighted by molar-refractivity contribution is -0.141. The summed E-state index contributed by atoms with van der Waals surface area (Å²) in [5.74, 6) is -0.752. The molecule has 2 heterocycles. The minimum absolute atomic E-state index is 0.133. The minimum Gasteiger partial charge on any atom is -0.481 e. The number of hydrogen-bond acceptors (Lipinski definition) is 4.